The van der Waals surface area contributed by atoms with Gasteiger partial charge in [0.05, 0.1) is 51.2 Å². The van der Waals surface area contributed by atoms with Crippen molar-refractivity contribution >= 4 is 0 Å². The van der Waals surface area contributed by atoms with E-state index in [4.69, 9.17) is 18.9 Å². The van der Waals surface area contributed by atoms with Gasteiger partial charge in [-0.1, -0.05) is 422 Å². The van der Waals surface area contributed by atoms with E-state index in [9.17, 15) is 0 Å². The Hall–Kier alpha value is -3.98. The largest absolute Gasteiger partial charge is 0.498 e. The average molecular weight is 1940 g/mol. The lowest BCUT2D eigenvalue weighted by molar-refractivity contribution is 0.136. The Morgan fingerprint density at radius 2 is 0.370 bits per heavy atom. The summed E-state index contributed by atoms with van der Waals surface area (Å²) >= 11 is 0. The van der Waals surface area contributed by atoms with Gasteiger partial charge in [-0.3, -0.25) is 0 Å². The minimum Gasteiger partial charge on any atom is -0.498 e. The van der Waals surface area contributed by atoms with Crippen LogP contribution in [0.15, 0.2) is 123 Å². The van der Waals surface area contributed by atoms with Gasteiger partial charge in [0, 0.05) is 68.1 Å². The first-order chi connectivity index (χ1) is 60.4. The third-order valence-electron chi connectivity index (χ3n) is 28.4. The highest BCUT2D eigenvalue weighted by Crippen LogP contribution is 2.40. The maximum absolute atomic E-state index is 5.69. The van der Waals surface area contributed by atoms with E-state index in [0.717, 1.165) is 131 Å². The first kappa shape index (κ1) is 152. The van der Waals surface area contributed by atoms with Crippen LogP contribution in [0.5, 0.6) is 0 Å². The van der Waals surface area contributed by atoms with Crippen molar-refractivity contribution in [1.82, 2.24) is 21.3 Å². The normalized spacial score (nSPS) is 17.8. The number of hydrogen-bond acceptors (Lipinski definition) is 8. The summed E-state index contributed by atoms with van der Waals surface area (Å²) < 4.78 is 22.1. The lowest BCUT2D eigenvalue weighted by Crippen LogP contribution is -2.26. The molecule has 0 saturated heterocycles. The molecule has 8 aliphatic heterocycles. The third kappa shape index (κ3) is 55.5. The number of allylic oxidation sites excluding steroid dienone is 14. The maximum Gasteiger partial charge on any atom is 0.0981 e. The second-order valence-electron chi connectivity index (χ2n) is 46.5. The molecule has 11 aliphatic rings. The van der Waals surface area contributed by atoms with Crippen LogP contribution in [0.3, 0.4) is 0 Å². The first-order valence-electron chi connectivity index (χ1n) is 54.7. The van der Waals surface area contributed by atoms with Crippen molar-refractivity contribution < 1.29 is 18.9 Å². The molecule has 0 bridgehead atoms. The minimum absolute atomic E-state index is 0. The summed E-state index contributed by atoms with van der Waals surface area (Å²) in [4.78, 5) is 0. The summed E-state index contributed by atoms with van der Waals surface area (Å²) in [5, 5.41) is 14.0. The lowest BCUT2D eigenvalue weighted by atomic mass is 9.81. The van der Waals surface area contributed by atoms with Gasteiger partial charge in [0.15, 0.2) is 0 Å². The van der Waals surface area contributed by atoms with Crippen LogP contribution in [-0.4, -0.2) is 72.4 Å². The van der Waals surface area contributed by atoms with E-state index in [-0.39, 0.29) is 66.8 Å². The molecular formula is C130H260N4O4. The molecule has 4 N–H and O–H groups in total. The quantitative estimate of drug-likeness (QED) is 0.0798. The molecule has 0 radical (unpaired) electrons. The molecule has 8 heteroatoms. The first-order valence-corrected chi connectivity index (χ1v) is 54.7. The van der Waals surface area contributed by atoms with Crippen molar-refractivity contribution in [1.29, 1.82) is 0 Å². The minimum atomic E-state index is 0. The summed E-state index contributed by atoms with van der Waals surface area (Å²) in [5.41, 5.74) is 32.6. The van der Waals surface area contributed by atoms with Gasteiger partial charge in [-0.15, -0.1) is 0 Å². The molecule has 824 valence electrons. The Kier molecular flexibility index (Phi) is 89.2. The SMILES string of the molecule is C.C.C.C.C.C.C.C.C.CC(C)C1=C(C(C)C)CCCC1.CC(C)C1=C(C(C)C)CCCC1.CC(C)C1=C(C(C)C)CCCC1.CC(C)C1=C(C(C)C)CNC1.CC(C)C1=C(C(C)C)COC1.CC(C)C1=C(C(C)C)COCC1.CC(C)C1=C(C(C)C)NCC1.CC(C)C1=C(C(C)C)NCCC1.CC(C)C1=C(C(C)C)NCCCC1.CC(C)C1=C(C(C)C)OCC1.CC(C)C1=C(C(C)C)OCCC1. The van der Waals surface area contributed by atoms with Crippen molar-refractivity contribution in [2.75, 3.05) is 72.4 Å². The van der Waals surface area contributed by atoms with Gasteiger partial charge in [-0.05, 0) is 298 Å². The number of nitrogens with one attached hydrogen (secondary N) is 4. The fraction of sp³-hybridized carbons (Fsp3) is 0.831. The van der Waals surface area contributed by atoms with Gasteiger partial charge in [0.25, 0.3) is 0 Å². The van der Waals surface area contributed by atoms with Crippen molar-refractivity contribution in [2.24, 2.45) is 130 Å². The fourth-order valence-corrected chi connectivity index (χ4v) is 21.0. The summed E-state index contributed by atoms with van der Waals surface area (Å²) in [6, 6.07) is 0. The van der Waals surface area contributed by atoms with Crippen molar-refractivity contribution in [3.05, 3.63) is 123 Å². The molecule has 11 rings (SSSR count). The topological polar surface area (TPSA) is 85.0 Å². The van der Waals surface area contributed by atoms with Crippen LogP contribution in [-0.2, 0) is 18.9 Å². The van der Waals surface area contributed by atoms with E-state index in [1.807, 2.05) is 0 Å². The zero-order valence-corrected chi connectivity index (χ0v) is 94.7. The predicted octanol–water partition coefficient (Wildman–Crippen LogP) is 41.2. The molecular weight excluding hydrogens is 1680 g/mol. The molecule has 0 aromatic heterocycles. The van der Waals surface area contributed by atoms with Crippen LogP contribution in [0.2, 0.25) is 0 Å². The highest BCUT2D eigenvalue weighted by molar-refractivity contribution is 5.29. The molecule has 0 aromatic carbocycles. The number of ether oxygens (including phenoxy) is 4. The monoisotopic (exact) mass is 1940 g/mol. The molecule has 0 spiro atoms. The third-order valence-corrected chi connectivity index (χ3v) is 28.4. The molecule has 0 unspecified atom stereocenters. The van der Waals surface area contributed by atoms with E-state index in [0.29, 0.717) is 71.0 Å². The van der Waals surface area contributed by atoms with E-state index < -0.39 is 0 Å². The van der Waals surface area contributed by atoms with Crippen LogP contribution in [0.25, 0.3) is 0 Å². The smallest absolute Gasteiger partial charge is 0.0981 e. The summed E-state index contributed by atoms with van der Waals surface area (Å²) in [6.45, 7) is 112. The van der Waals surface area contributed by atoms with Crippen molar-refractivity contribution in [3.8, 4) is 0 Å². The number of rotatable bonds is 22. The van der Waals surface area contributed by atoms with Gasteiger partial charge >= 0.3 is 0 Å². The van der Waals surface area contributed by atoms with Gasteiger partial charge in [0.1, 0.15) is 0 Å². The molecule has 0 atom stereocenters. The van der Waals surface area contributed by atoms with Crippen molar-refractivity contribution in [3.63, 3.8) is 0 Å². The van der Waals surface area contributed by atoms with Gasteiger partial charge in [0.2, 0.25) is 0 Å². The Morgan fingerprint density at radius 3 is 0.630 bits per heavy atom. The molecule has 8 nitrogen and oxygen atoms in total. The maximum atomic E-state index is 5.69. The summed E-state index contributed by atoms with van der Waals surface area (Å²) in [6.07, 6.45) is 29.3. The Morgan fingerprint density at radius 1 is 0.159 bits per heavy atom. The van der Waals surface area contributed by atoms with Crippen molar-refractivity contribution in [2.45, 2.75) is 513 Å². The molecule has 138 heavy (non-hydrogen) atoms. The van der Waals surface area contributed by atoms with Crippen LogP contribution in [0.4, 0.5) is 0 Å². The molecule has 8 heterocycles. The lowest BCUT2D eigenvalue weighted by Gasteiger charge is -2.27. The summed E-state index contributed by atoms with van der Waals surface area (Å²) in [5.74, 6) is 17.9. The Balaban J connectivity index is -0.000000188. The molecule has 0 saturated carbocycles. The molecule has 0 amide bonds. The standard InChI is InChI=1S/C12H23N.3C12H22.C11H21N.2C11H20O.2C10H19N.2C10H18O.9CH4/c1-9(2)11-7-5-6-8-13-12(11)10(3)4;3*1-9(2)11-7-5-6-8-12(11)10(3)4;1-8(2)10-6-5-7-12-11(10)9(3)4;1-8(2)10-5-6-12-7-11(10)9(3)4;1-8(2)10-6-5-7-12-11(10)9(3)4;1-7(2)9-5-11-6-10(9)8(3)4;1-7(2)9-5-6-11-10(9)8(3)4;1-7(2)9-5-11-6-10(9)8(3)4;1-7(2)9-5-6-11-10(9)8(3)4;;;;;;;;;/h9-10,13H,5-8H2,1-4H3;3*9-10H,5-8H2,1-4H3;8-9,12H,5-7H2,1-4H3;2*8-9H,5-7H2,1-4H3;2*7-8,11H,5-6H2,1-4H3;2*7-8H,5-6H2,1-4H3;9*1H4. The van der Waals surface area contributed by atoms with E-state index in [1.54, 1.807) is 66.9 Å². The van der Waals surface area contributed by atoms with Gasteiger partial charge < -0.3 is 40.2 Å². The average Bonchev–Trinajstić information content (AvgIpc) is 1.79. The highest BCUT2D eigenvalue weighted by Gasteiger charge is 2.28. The Labute approximate surface area is 873 Å². The van der Waals surface area contributed by atoms with Crippen LogP contribution in [0, 0.1) is 130 Å². The summed E-state index contributed by atoms with van der Waals surface area (Å²) in [7, 11) is 0. The Bertz CT molecular complexity index is 2790. The fourth-order valence-electron chi connectivity index (χ4n) is 21.0. The second kappa shape index (κ2) is 81.2. The van der Waals surface area contributed by atoms with Crippen LogP contribution < -0.4 is 21.3 Å². The van der Waals surface area contributed by atoms with Crippen LogP contribution >= 0.6 is 0 Å². The molecule has 0 fully saturated rings. The van der Waals surface area contributed by atoms with Gasteiger partial charge in [-0.2, -0.15) is 0 Å². The molecule has 0 aromatic rings. The van der Waals surface area contributed by atoms with E-state index in [2.05, 4.69) is 326 Å². The van der Waals surface area contributed by atoms with E-state index in [1.165, 1.54) is 198 Å². The highest BCUT2D eigenvalue weighted by atomic mass is 16.5. The zero-order chi connectivity index (χ0) is 98.4. The van der Waals surface area contributed by atoms with Crippen LogP contribution in [0.1, 0.15) is 513 Å². The second-order valence-corrected chi connectivity index (χ2v) is 46.5. The zero-order valence-electron chi connectivity index (χ0n) is 94.7. The number of hydrogen-bond donors (Lipinski definition) is 4. The van der Waals surface area contributed by atoms with E-state index >= 15 is 0 Å². The predicted molar refractivity (Wildman–Crippen MR) is 636 cm³/mol. The molecule has 3 aliphatic carbocycles. The van der Waals surface area contributed by atoms with Gasteiger partial charge in [-0.25, -0.2) is 0 Å².